The zero-order chi connectivity index (χ0) is 12.3. The van der Waals surface area contributed by atoms with Crippen molar-refractivity contribution in [3.8, 4) is 22.9 Å². The molecule has 0 radical (unpaired) electrons. The number of hydrogen-bond acceptors (Lipinski definition) is 2. The van der Waals surface area contributed by atoms with Gasteiger partial charge in [0.2, 0.25) is 0 Å². The topological polar surface area (TPSA) is 44.0 Å². The Hall–Kier alpha value is -2.34. The van der Waals surface area contributed by atoms with Gasteiger partial charge in [0, 0.05) is 5.56 Å². The first kappa shape index (κ1) is 11.2. The van der Waals surface area contributed by atoms with E-state index in [0.717, 1.165) is 5.56 Å². The summed E-state index contributed by atoms with van der Waals surface area (Å²) in [6.07, 6.45) is 0.296. The van der Waals surface area contributed by atoms with Gasteiger partial charge in [0.15, 0.2) is 0 Å². The average Bonchev–Trinajstić information content (AvgIpc) is 2.33. The predicted molar refractivity (Wildman–Crippen MR) is 62.8 cm³/mol. The van der Waals surface area contributed by atoms with Gasteiger partial charge >= 0.3 is 0 Å². The highest BCUT2D eigenvalue weighted by Crippen LogP contribution is 2.30. The first-order valence-electron chi connectivity index (χ1n) is 5.15. The molecule has 0 atom stereocenters. The van der Waals surface area contributed by atoms with Crippen LogP contribution in [0, 0.1) is 17.1 Å². The number of rotatable bonds is 2. The zero-order valence-corrected chi connectivity index (χ0v) is 9.02. The first-order chi connectivity index (χ1) is 8.20. The molecule has 0 bridgehead atoms. The Labute approximate surface area is 98.6 Å². The molecule has 0 aliphatic heterocycles. The summed E-state index contributed by atoms with van der Waals surface area (Å²) in [5.74, 6) is -0.371. The van der Waals surface area contributed by atoms with E-state index in [1.165, 1.54) is 18.2 Å². The summed E-state index contributed by atoms with van der Waals surface area (Å²) in [6.45, 7) is 0. The molecule has 0 amide bonds. The molecule has 0 saturated carbocycles. The number of nitrogens with zero attached hydrogens (tertiary/aromatic N) is 1. The molecule has 2 nitrogen and oxygen atoms in total. The molecule has 2 aromatic carbocycles. The molecular formula is C14H10FNO. The lowest BCUT2D eigenvalue weighted by atomic mass is 10.0. The van der Waals surface area contributed by atoms with Crippen LogP contribution in [0.15, 0.2) is 42.5 Å². The third-order valence-corrected chi connectivity index (χ3v) is 2.48. The molecule has 3 heteroatoms. The second kappa shape index (κ2) is 4.67. The van der Waals surface area contributed by atoms with Crippen LogP contribution in [0.2, 0.25) is 0 Å². The molecule has 2 rings (SSSR count). The number of phenolic OH excluding ortho intramolecular Hbond substituents is 1. The fourth-order valence-electron chi connectivity index (χ4n) is 1.68. The normalized spacial score (nSPS) is 9.88. The SMILES string of the molecule is N#CCc1cccc(-c2cc(F)ccc2O)c1. The van der Waals surface area contributed by atoms with Gasteiger partial charge in [-0.15, -0.1) is 0 Å². The number of nitriles is 1. The van der Waals surface area contributed by atoms with Gasteiger partial charge in [0.05, 0.1) is 12.5 Å². The first-order valence-corrected chi connectivity index (χ1v) is 5.15. The lowest BCUT2D eigenvalue weighted by Crippen LogP contribution is -1.85. The summed E-state index contributed by atoms with van der Waals surface area (Å²) in [6, 6.07) is 13.0. The van der Waals surface area contributed by atoms with Crippen LogP contribution < -0.4 is 0 Å². The highest BCUT2D eigenvalue weighted by molar-refractivity contribution is 5.70. The molecule has 0 aliphatic carbocycles. The minimum Gasteiger partial charge on any atom is -0.507 e. The number of phenols is 1. The Morgan fingerprint density at radius 2 is 2.00 bits per heavy atom. The summed E-state index contributed by atoms with van der Waals surface area (Å²) in [7, 11) is 0. The van der Waals surface area contributed by atoms with Crippen LogP contribution in [0.5, 0.6) is 5.75 Å². The second-order valence-electron chi connectivity index (χ2n) is 3.70. The lowest BCUT2D eigenvalue weighted by molar-refractivity contribution is 0.475. The molecule has 2 aromatic rings. The summed E-state index contributed by atoms with van der Waals surface area (Å²) in [5, 5.41) is 18.3. The zero-order valence-electron chi connectivity index (χ0n) is 9.02. The Balaban J connectivity index is 2.49. The van der Waals surface area contributed by atoms with Crippen LogP contribution in [0.3, 0.4) is 0 Å². The van der Waals surface area contributed by atoms with Crippen molar-refractivity contribution >= 4 is 0 Å². The van der Waals surface area contributed by atoms with E-state index in [9.17, 15) is 9.50 Å². The van der Waals surface area contributed by atoms with Gasteiger partial charge in [-0.2, -0.15) is 5.26 Å². The quantitative estimate of drug-likeness (QED) is 0.855. The molecule has 0 aromatic heterocycles. The highest BCUT2D eigenvalue weighted by atomic mass is 19.1. The van der Waals surface area contributed by atoms with Crippen molar-refractivity contribution in [2.24, 2.45) is 0 Å². The molecule has 84 valence electrons. The van der Waals surface area contributed by atoms with Crippen LogP contribution in [-0.2, 0) is 6.42 Å². The van der Waals surface area contributed by atoms with Crippen molar-refractivity contribution in [1.29, 1.82) is 5.26 Å². The average molecular weight is 227 g/mol. The fraction of sp³-hybridized carbons (Fsp3) is 0.0714. The molecule has 17 heavy (non-hydrogen) atoms. The minimum absolute atomic E-state index is 0.0282. The number of halogens is 1. The summed E-state index contributed by atoms with van der Waals surface area (Å²) in [4.78, 5) is 0. The third kappa shape index (κ3) is 2.43. The molecule has 0 saturated heterocycles. The van der Waals surface area contributed by atoms with E-state index in [2.05, 4.69) is 6.07 Å². The summed E-state index contributed by atoms with van der Waals surface area (Å²) >= 11 is 0. The van der Waals surface area contributed by atoms with Crippen LogP contribution in [-0.4, -0.2) is 5.11 Å². The molecule has 0 heterocycles. The molecule has 0 aliphatic rings. The Kier molecular flexibility index (Phi) is 3.06. The van der Waals surface area contributed by atoms with E-state index in [4.69, 9.17) is 5.26 Å². The minimum atomic E-state index is -0.400. The van der Waals surface area contributed by atoms with Crippen molar-refractivity contribution in [3.63, 3.8) is 0 Å². The van der Waals surface area contributed by atoms with Crippen LogP contribution in [0.1, 0.15) is 5.56 Å². The Morgan fingerprint density at radius 3 is 2.76 bits per heavy atom. The van der Waals surface area contributed by atoms with Crippen molar-refractivity contribution in [1.82, 2.24) is 0 Å². The maximum absolute atomic E-state index is 13.1. The van der Waals surface area contributed by atoms with Crippen LogP contribution in [0.25, 0.3) is 11.1 Å². The van der Waals surface area contributed by atoms with Crippen molar-refractivity contribution in [2.75, 3.05) is 0 Å². The van der Waals surface area contributed by atoms with E-state index >= 15 is 0 Å². The van der Waals surface area contributed by atoms with Crippen molar-refractivity contribution < 1.29 is 9.50 Å². The summed E-state index contributed by atoms with van der Waals surface area (Å²) < 4.78 is 13.1. The van der Waals surface area contributed by atoms with E-state index in [1.54, 1.807) is 18.2 Å². The molecule has 0 spiro atoms. The van der Waals surface area contributed by atoms with Gasteiger partial charge in [-0.05, 0) is 35.4 Å². The van der Waals surface area contributed by atoms with Gasteiger partial charge in [-0.3, -0.25) is 0 Å². The second-order valence-corrected chi connectivity index (χ2v) is 3.70. The molecular weight excluding hydrogens is 217 g/mol. The molecule has 0 fully saturated rings. The van der Waals surface area contributed by atoms with E-state index in [-0.39, 0.29) is 5.75 Å². The number of hydrogen-bond donors (Lipinski definition) is 1. The monoisotopic (exact) mass is 227 g/mol. The highest BCUT2D eigenvalue weighted by Gasteiger charge is 2.06. The van der Waals surface area contributed by atoms with E-state index in [0.29, 0.717) is 17.5 Å². The van der Waals surface area contributed by atoms with E-state index < -0.39 is 5.82 Å². The number of benzene rings is 2. The van der Waals surface area contributed by atoms with Gasteiger partial charge in [0.25, 0.3) is 0 Å². The standard InChI is InChI=1S/C14H10FNO/c15-12-4-5-14(17)13(9-12)11-3-1-2-10(8-11)6-7-16/h1-5,8-9,17H,6H2. The van der Waals surface area contributed by atoms with Gasteiger partial charge in [-0.25, -0.2) is 4.39 Å². The van der Waals surface area contributed by atoms with Crippen LogP contribution in [0.4, 0.5) is 4.39 Å². The van der Waals surface area contributed by atoms with Crippen LogP contribution >= 0.6 is 0 Å². The maximum Gasteiger partial charge on any atom is 0.124 e. The Bertz CT molecular complexity index is 587. The van der Waals surface area contributed by atoms with Gasteiger partial charge < -0.3 is 5.11 Å². The maximum atomic E-state index is 13.1. The van der Waals surface area contributed by atoms with Crippen molar-refractivity contribution in [2.45, 2.75) is 6.42 Å². The van der Waals surface area contributed by atoms with E-state index in [1.807, 2.05) is 6.07 Å². The smallest absolute Gasteiger partial charge is 0.124 e. The number of aromatic hydroxyl groups is 1. The van der Waals surface area contributed by atoms with Gasteiger partial charge in [-0.1, -0.05) is 18.2 Å². The molecule has 1 N–H and O–H groups in total. The predicted octanol–water partition coefficient (Wildman–Crippen LogP) is 3.26. The largest absolute Gasteiger partial charge is 0.507 e. The Morgan fingerprint density at radius 1 is 1.18 bits per heavy atom. The lowest BCUT2D eigenvalue weighted by Gasteiger charge is -2.06. The van der Waals surface area contributed by atoms with Gasteiger partial charge in [0.1, 0.15) is 11.6 Å². The molecule has 0 unspecified atom stereocenters. The summed E-state index contributed by atoms with van der Waals surface area (Å²) in [5.41, 5.74) is 1.98. The fourth-order valence-corrected chi connectivity index (χ4v) is 1.68. The third-order valence-electron chi connectivity index (χ3n) is 2.48. The van der Waals surface area contributed by atoms with Crippen molar-refractivity contribution in [3.05, 3.63) is 53.8 Å².